The van der Waals surface area contributed by atoms with Gasteiger partial charge in [0.1, 0.15) is 13.1 Å². The Labute approximate surface area is 178 Å². The predicted octanol–water partition coefficient (Wildman–Crippen LogP) is 1.59. The van der Waals surface area contributed by atoms with Crippen molar-refractivity contribution in [1.29, 1.82) is 0 Å². The van der Waals surface area contributed by atoms with Crippen LogP contribution in [0, 0.1) is 5.92 Å². The van der Waals surface area contributed by atoms with Crippen LogP contribution in [0.1, 0.15) is 33.3 Å². The molecule has 0 spiro atoms. The smallest absolute Gasteiger partial charge is 0.389 e. The Kier molecular flexibility index (Phi) is 10.3. The van der Waals surface area contributed by atoms with Crippen molar-refractivity contribution in [3.05, 3.63) is 47.5 Å². The first-order valence-corrected chi connectivity index (χ1v) is 9.92. The molecule has 164 valence electrons. The highest BCUT2D eigenvalue weighted by molar-refractivity contribution is 6.11. The lowest BCUT2D eigenvalue weighted by Gasteiger charge is -2.18. The van der Waals surface area contributed by atoms with E-state index in [0.717, 1.165) is 5.56 Å². The molecule has 0 saturated heterocycles. The van der Waals surface area contributed by atoms with Crippen molar-refractivity contribution in [1.82, 2.24) is 10.6 Å². The van der Waals surface area contributed by atoms with Crippen molar-refractivity contribution in [3.63, 3.8) is 0 Å². The van der Waals surface area contributed by atoms with Crippen LogP contribution in [-0.4, -0.2) is 54.6 Å². The van der Waals surface area contributed by atoms with Gasteiger partial charge in [-0.25, -0.2) is 9.37 Å². The van der Waals surface area contributed by atoms with Crippen LogP contribution in [0.5, 0.6) is 0 Å². The van der Waals surface area contributed by atoms with E-state index >= 15 is 0 Å². The normalized spacial score (nSPS) is 14.1. The topological polar surface area (TPSA) is 114 Å². The predicted molar refractivity (Wildman–Crippen MR) is 116 cm³/mol. The first kappa shape index (κ1) is 24.9. The molecule has 0 aliphatic carbocycles. The maximum Gasteiger partial charge on any atom is 0.412 e. The van der Waals surface area contributed by atoms with Crippen LogP contribution in [0.15, 0.2) is 42.0 Å². The van der Waals surface area contributed by atoms with Crippen LogP contribution in [0.4, 0.5) is 4.79 Å². The van der Waals surface area contributed by atoms with Gasteiger partial charge in [0.2, 0.25) is 5.91 Å². The van der Waals surface area contributed by atoms with Crippen molar-refractivity contribution >= 4 is 24.1 Å². The molecule has 8 nitrogen and oxygen atoms in total. The molecule has 1 aromatic rings. The summed E-state index contributed by atoms with van der Waals surface area (Å²) in [7, 11) is 1.67. The third-order valence-electron chi connectivity index (χ3n) is 4.34. The number of nitrogens with zero attached hydrogens (tertiary/aromatic N) is 1. The minimum absolute atomic E-state index is 0.0437. The van der Waals surface area contributed by atoms with Crippen molar-refractivity contribution in [2.45, 2.75) is 46.2 Å². The first-order valence-electron chi connectivity index (χ1n) is 9.92. The van der Waals surface area contributed by atoms with Crippen molar-refractivity contribution in [2.24, 2.45) is 11.7 Å². The fraction of sp³-hybridized carbons (Fsp3) is 0.455. The molecule has 0 radical (unpaired) electrons. The fourth-order valence-electron chi connectivity index (χ4n) is 2.75. The number of ether oxygens (including phenoxy) is 1. The molecule has 0 unspecified atom stereocenters. The number of allylic oxidation sites excluding steroid dienone is 1. The highest BCUT2D eigenvalue weighted by Gasteiger charge is 2.23. The molecule has 0 aromatic heterocycles. The van der Waals surface area contributed by atoms with E-state index in [-0.39, 0.29) is 18.7 Å². The molecule has 0 aliphatic rings. The maximum absolute atomic E-state index is 12.4. The van der Waals surface area contributed by atoms with Gasteiger partial charge in [0.15, 0.2) is 6.21 Å². The van der Waals surface area contributed by atoms with Crippen LogP contribution < -0.4 is 16.4 Å². The van der Waals surface area contributed by atoms with Crippen molar-refractivity contribution in [3.8, 4) is 0 Å². The van der Waals surface area contributed by atoms with E-state index in [1.807, 2.05) is 37.3 Å². The molecule has 4 N–H and O–H groups in total. The minimum Gasteiger partial charge on any atom is -0.389 e. The molecular formula is C22H33N4O4+. The molecular weight excluding hydrogens is 384 g/mol. The summed E-state index contributed by atoms with van der Waals surface area (Å²) in [5, 5.41) is 5.40. The summed E-state index contributed by atoms with van der Waals surface area (Å²) in [4.78, 5) is 35.9. The summed E-state index contributed by atoms with van der Waals surface area (Å²) in [6.45, 7) is 7.15. The summed E-state index contributed by atoms with van der Waals surface area (Å²) in [6.07, 6.45) is 3.29. The van der Waals surface area contributed by atoms with E-state index in [1.54, 1.807) is 38.5 Å². The molecule has 1 rings (SSSR count). The number of nitrogens with two attached hydrogens (primary N) is 1. The van der Waals surface area contributed by atoms with Crippen molar-refractivity contribution < 1.29 is 23.7 Å². The van der Waals surface area contributed by atoms with Crippen LogP contribution in [-0.2, 0) is 20.7 Å². The van der Waals surface area contributed by atoms with Gasteiger partial charge in [-0.15, -0.1) is 0 Å². The maximum atomic E-state index is 12.4. The molecule has 0 saturated carbocycles. The summed E-state index contributed by atoms with van der Waals surface area (Å²) in [5.74, 6) is -1.15. The summed E-state index contributed by atoms with van der Waals surface area (Å²) < 4.78 is 6.77. The number of amides is 3. The lowest BCUT2D eigenvalue weighted by Crippen LogP contribution is -2.48. The first-order chi connectivity index (χ1) is 14.1. The SMILES string of the molecule is C/C=C(\C=[N+](/C)COC(=O)N[C@@H](C)Cc1ccccc1)C(=O)N[C@H](C(N)=O)C(C)C. The van der Waals surface area contributed by atoms with Gasteiger partial charge in [-0.1, -0.05) is 50.3 Å². The largest absolute Gasteiger partial charge is 0.412 e. The standard InChI is InChI=1S/C22H32N4O4/c1-6-18(21(28)25-19(15(2)3)20(23)27)13-26(5)14-30-22(29)24-16(4)12-17-10-8-7-9-11-17/h6-11,13,15-16,19H,12,14H2,1-5H3,(H3-,23,24,25,27,28,29)/p+1/b18-6+,26-13+/t16-,19-/m0/s1. The molecule has 8 heteroatoms. The lowest BCUT2D eigenvalue weighted by atomic mass is 10.0. The number of benzene rings is 1. The second-order valence-electron chi connectivity index (χ2n) is 7.52. The molecule has 0 fully saturated rings. The van der Waals surface area contributed by atoms with Gasteiger partial charge in [0.25, 0.3) is 12.6 Å². The number of carbonyl (C=O) groups excluding carboxylic acids is 3. The second kappa shape index (κ2) is 12.4. The zero-order chi connectivity index (χ0) is 22.7. The van der Waals surface area contributed by atoms with E-state index in [1.165, 1.54) is 6.21 Å². The Hall–Kier alpha value is -3.16. The zero-order valence-corrected chi connectivity index (χ0v) is 18.3. The molecule has 30 heavy (non-hydrogen) atoms. The Bertz CT molecular complexity index is 788. The quantitative estimate of drug-likeness (QED) is 0.232. The number of carbonyl (C=O) groups is 3. The number of rotatable bonds is 10. The number of alkyl carbamates (subject to hydrolysis) is 1. The highest BCUT2D eigenvalue weighted by atomic mass is 16.6. The van der Waals surface area contributed by atoms with Gasteiger partial charge in [0.05, 0.1) is 5.57 Å². The van der Waals surface area contributed by atoms with E-state index in [9.17, 15) is 14.4 Å². The van der Waals surface area contributed by atoms with Crippen LogP contribution in [0.25, 0.3) is 0 Å². The average Bonchev–Trinajstić information content (AvgIpc) is 2.68. The van der Waals surface area contributed by atoms with Gasteiger partial charge in [-0.2, -0.15) is 0 Å². The van der Waals surface area contributed by atoms with E-state index < -0.39 is 23.9 Å². The van der Waals surface area contributed by atoms with Crippen LogP contribution in [0.3, 0.4) is 0 Å². The van der Waals surface area contributed by atoms with E-state index in [4.69, 9.17) is 10.5 Å². The van der Waals surface area contributed by atoms with Crippen LogP contribution in [0.2, 0.25) is 0 Å². The van der Waals surface area contributed by atoms with E-state index in [0.29, 0.717) is 12.0 Å². The van der Waals surface area contributed by atoms with Crippen LogP contribution >= 0.6 is 0 Å². The number of nitrogens with one attached hydrogen (secondary N) is 2. The number of hydrogen-bond acceptors (Lipinski definition) is 4. The Balaban J connectivity index is 2.56. The van der Waals surface area contributed by atoms with Gasteiger partial charge in [0, 0.05) is 6.04 Å². The molecule has 3 amide bonds. The van der Waals surface area contributed by atoms with E-state index in [2.05, 4.69) is 10.6 Å². The number of hydrogen-bond donors (Lipinski definition) is 3. The third-order valence-corrected chi connectivity index (χ3v) is 4.34. The zero-order valence-electron chi connectivity index (χ0n) is 18.3. The summed E-state index contributed by atoms with van der Waals surface area (Å²) in [6, 6.07) is 8.99. The molecule has 0 aliphatic heterocycles. The van der Waals surface area contributed by atoms with Crippen molar-refractivity contribution in [2.75, 3.05) is 13.8 Å². The Morgan fingerprint density at radius 1 is 1.13 bits per heavy atom. The third kappa shape index (κ3) is 8.89. The molecule has 1 aromatic carbocycles. The minimum atomic E-state index is -0.765. The van der Waals surface area contributed by atoms with Gasteiger partial charge in [-0.05, 0) is 31.7 Å². The molecule has 0 bridgehead atoms. The van der Waals surface area contributed by atoms with Gasteiger partial charge in [-0.3, -0.25) is 9.59 Å². The Morgan fingerprint density at radius 2 is 1.77 bits per heavy atom. The average molecular weight is 418 g/mol. The summed E-state index contributed by atoms with van der Waals surface area (Å²) >= 11 is 0. The fourth-order valence-corrected chi connectivity index (χ4v) is 2.75. The van der Waals surface area contributed by atoms with Gasteiger partial charge >= 0.3 is 6.09 Å². The monoisotopic (exact) mass is 417 g/mol. The second-order valence-corrected chi connectivity index (χ2v) is 7.52. The molecule has 0 heterocycles. The Morgan fingerprint density at radius 3 is 2.30 bits per heavy atom. The lowest BCUT2D eigenvalue weighted by molar-refractivity contribution is -0.529. The van der Waals surface area contributed by atoms with Gasteiger partial charge < -0.3 is 21.1 Å². The highest BCUT2D eigenvalue weighted by Crippen LogP contribution is 2.04. The summed E-state index contributed by atoms with van der Waals surface area (Å²) in [5.41, 5.74) is 6.79. The molecule has 2 atom stereocenters. The number of primary amides is 1.